The Balaban J connectivity index is 1.65. The van der Waals surface area contributed by atoms with Gasteiger partial charge in [0.25, 0.3) is 5.91 Å². The number of amides is 1. The zero-order valence-electron chi connectivity index (χ0n) is 14.6. The summed E-state index contributed by atoms with van der Waals surface area (Å²) in [5, 5.41) is 7.72. The number of aryl methyl sites for hydroxylation is 1. The quantitative estimate of drug-likeness (QED) is 0.908. The highest BCUT2D eigenvalue weighted by molar-refractivity contribution is 5.92. The first-order valence-electron chi connectivity index (χ1n) is 9.03. The fourth-order valence-electron chi connectivity index (χ4n) is 3.98. The Bertz CT molecular complexity index is 559. The molecule has 1 aliphatic heterocycles. The first-order valence-corrected chi connectivity index (χ1v) is 9.03. The van der Waals surface area contributed by atoms with Gasteiger partial charge in [0.15, 0.2) is 0 Å². The van der Waals surface area contributed by atoms with E-state index in [4.69, 9.17) is 4.74 Å². The van der Waals surface area contributed by atoms with Crippen molar-refractivity contribution in [3.63, 3.8) is 0 Å². The second kappa shape index (κ2) is 6.63. The molecule has 2 heterocycles. The van der Waals surface area contributed by atoms with E-state index >= 15 is 0 Å². The van der Waals surface area contributed by atoms with Crippen LogP contribution in [0.2, 0.25) is 0 Å². The molecular formula is C18H29N3O2. The second-order valence-electron chi connectivity index (χ2n) is 7.51. The topological polar surface area (TPSA) is 56.2 Å². The fraction of sp³-hybridized carbons (Fsp3) is 0.778. The molecule has 2 fully saturated rings. The van der Waals surface area contributed by atoms with Gasteiger partial charge >= 0.3 is 0 Å². The third-order valence-electron chi connectivity index (χ3n) is 5.04. The van der Waals surface area contributed by atoms with Crippen molar-refractivity contribution in [3.8, 4) is 0 Å². The third kappa shape index (κ3) is 3.60. The summed E-state index contributed by atoms with van der Waals surface area (Å²) in [6.45, 7) is 7.72. The molecule has 1 aliphatic carbocycles. The molecule has 3 rings (SSSR count). The van der Waals surface area contributed by atoms with Gasteiger partial charge in [-0.2, -0.15) is 5.10 Å². The van der Waals surface area contributed by atoms with E-state index in [0.717, 1.165) is 31.4 Å². The van der Waals surface area contributed by atoms with Crippen LogP contribution in [0.3, 0.4) is 0 Å². The third-order valence-corrected chi connectivity index (χ3v) is 5.04. The molecule has 1 saturated carbocycles. The van der Waals surface area contributed by atoms with Gasteiger partial charge in [0.05, 0.1) is 23.9 Å². The van der Waals surface area contributed by atoms with Crippen molar-refractivity contribution in [1.29, 1.82) is 0 Å². The molecule has 128 valence electrons. The van der Waals surface area contributed by atoms with Crippen LogP contribution in [0.1, 0.15) is 69.1 Å². The largest absolute Gasteiger partial charge is 0.373 e. The Kier molecular flexibility index (Phi) is 4.76. The zero-order valence-corrected chi connectivity index (χ0v) is 14.6. The smallest absolute Gasteiger partial charge is 0.269 e. The Morgan fingerprint density at radius 1 is 1.48 bits per heavy atom. The summed E-state index contributed by atoms with van der Waals surface area (Å²) in [5.74, 6) is 0.523. The molecule has 1 atom stereocenters. The van der Waals surface area contributed by atoms with Gasteiger partial charge in [-0.25, -0.2) is 0 Å². The van der Waals surface area contributed by atoms with Crippen LogP contribution in [0.4, 0.5) is 0 Å². The summed E-state index contributed by atoms with van der Waals surface area (Å²) in [7, 11) is 0. The number of hydrogen-bond donors (Lipinski definition) is 1. The number of carbonyl (C=O) groups excluding carboxylic acids is 1. The average Bonchev–Trinajstić information content (AvgIpc) is 3.20. The van der Waals surface area contributed by atoms with Gasteiger partial charge in [0.1, 0.15) is 5.69 Å². The van der Waals surface area contributed by atoms with Gasteiger partial charge in [-0.15, -0.1) is 0 Å². The maximum atomic E-state index is 12.7. The van der Waals surface area contributed by atoms with Crippen LogP contribution in [0.25, 0.3) is 0 Å². The molecule has 0 bridgehead atoms. The van der Waals surface area contributed by atoms with Crippen molar-refractivity contribution in [1.82, 2.24) is 15.1 Å². The monoisotopic (exact) mass is 319 g/mol. The molecule has 1 aromatic heterocycles. The van der Waals surface area contributed by atoms with E-state index in [1.165, 1.54) is 12.8 Å². The first-order chi connectivity index (χ1) is 11.0. The average molecular weight is 319 g/mol. The molecule has 23 heavy (non-hydrogen) atoms. The number of nitrogens with one attached hydrogen (secondary N) is 1. The molecule has 1 spiro atoms. The molecule has 0 radical (unpaired) electrons. The van der Waals surface area contributed by atoms with E-state index < -0.39 is 0 Å². The first kappa shape index (κ1) is 16.5. The Labute approximate surface area is 138 Å². The van der Waals surface area contributed by atoms with Gasteiger partial charge in [-0.1, -0.05) is 26.7 Å². The maximum Gasteiger partial charge on any atom is 0.269 e. The van der Waals surface area contributed by atoms with E-state index in [9.17, 15) is 4.79 Å². The van der Waals surface area contributed by atoms with Crippen LogP contribution in [0.5, 0.6) is 0 Å². The predicted molar refractivity (Wildman–Crippen MR) is 89.5 cm³/mol. The maximum absolute atomic E-state index is 12.7. The van der Waals surface area contributed by atoms with Crippen LogP contribution in [0, 0.1) is 5.92 Å². The van der Waals surface area contributed by atoms with Crippen molar-refractivity contribution in [2.45, 2.75) is 77.5 Å². The van der Waals surface area contributed by atoms with Crippen LogP contribution >= 0.6 is 0 Å². The normalized spacial score (nSPS) is 23.0. The summed E-state index contributed by atoms with van der Waals surface area (Å²) < 4.78 is 7.84. The molecule has 1 N–H and O–H groups in total. The predicted octanol–water partition coefficient (Wildman–Crippen LogP) is 2.93. The van der Waals surface area contributed by atoms with Crippen molar-refractivity contribution >= 4 is 5.91 Å². The van der Waals surface area contributed by atoms with Crippen molar-refractivity contribution in [3.05, 3.63) is 17.5 Å². The molecule has 1 saturated heterocycles. The summed E-state index contributed by atoms with van der Waals surface area (Å²) in [6.07, 6.45) is 6.65. The van der Waals surface area contributed by atoms with Gasteiger partial charge in [0.2, 0.25) is 0 Å². The Hall–Kier alpha value is -1.36. The number of rotatable bonds is 5. The molecule has 0 aromatic carbocycles. The number of ether oxygens (including phenoxy) is 1. The van der Waals surface area contributed by atoms with Crippen molar-refractivity contribution < 1.29 is 9.53 Å². The van der Waals surface area contributed by atoms with Crippen LogP contribution in [-0.2, 0) is 17.7 Å². The Morgan fingerprint density at radius 2 is 2.22 bits per heavy atom. The van der Waals surface area contributed by atoms with E-state index in [-0.39, 0.29) is 17.6 Å². The highest BCUT2D eigenvalue weighted by Gasteiger charge is 2.43. The highest BCUT2D eigenvalue weighted by atomic mass is 16.5. The van der Waals surface area contributed by atoms with Gasteiger partial charge < -0.3 is 10.1 Å². The lowest BCUT2D eigenvalue weighted by Gasteiger charge is -2.21. The SMILES string of the molecule is CCn1nc(CC(C)C)cc1C(=O)N[C@@H]1COC2(CCCC2)C1. The number of hydrogen-bond acceptors (Lipinski definition) is 3. The number of aromatic nitrogens is 2. The minimum absolute atomic E-state index is 0.0157. The minimum atomic E-state index is -0.0157. The lowest BCUT2D eigenvalue weighted by molar-refractivity contribution is 0.00987. The van der Waals surface area contributed by atoms with E-state index in [1.807, 2.05) is 17.7 Å². The van der Waals surface area contributed by atoms with Crippen LogP contribution in [0.15, 0.2) is 6.07 Å². The molecule has 1 aromatic rings. The molecule has 2 aliphatic rings. The molecule has 5 heteroatoms. The van der Waals surface area contributed by atoms with Crippen LogP contribution < -0.4 is 5.32 Å². The van der Waals surface area contributed by atoms with Gasteiger partial charge in [0, 0.05) is 6.54 Å². The van der Waals surface area contributed by atoms with Gasteiger partial charge in [-0.3, -0.25) is 9.48 Å². The molecule has 1 amide bonds. The molecular weight excluding hydrogens is 290 g/mol. The van der Waals surface area contributed by atoms with Crippen LogP contribution in [-0.4, -0.2) is 33.9 Å². The summed E-state index contributed by atoms with van der Waals surface area (Å²) in [4.78, 5) is 12.7. The van der Waals surface area contributed by atoms with Gasteiger partial charge in [-0.05, 0) is 44.6 Å². The lowest BCUT2D eigenvalue weighted by atomic mass is 9.96. The Morgan fingerprint density at radius 3 is 2.87 bits per heavy atom. The molecule has 0 unspecified atom stereocenters. The van der Waals surface area contributed by atoms with E-state index in [0.29, 0.717) is 24.8 Å². The van der Waals surface area contributed by atoms with E-state index in [1.54, 1.807) is 0 Å². The fourth-order valence-corrected chi connectivity index (χ4v) is 3.98. The standard InChI is InChI=1S/C18H29N3O2/c1-4-21-16(10-14(20-21)9-13(2)3)17(22)19-15-11-18(23-12-15)7-5-6-8-18/h10,13,15H,4-9,11-12H2,1-3H3,(H,19,22)/t15-/m0/s1. The second-order valence-corrected chi connectivity index (χ2v) is 7.51. The summed E-state index contributed by atoms with van der Waals surface area (Å²) in [6, 6.07) is 2.08. The summed E-state index contributed by atoms with van der Waals surface area (Å²) in [5.41, 5.74) is 1.73. The number of nitrogens with zero attached hydrogens (tertiary/aromatic N) is 2. The highest BCUT2D eigenvalue weighted by Crippen LogP contribution is 2.40. The zero-order chi connectivity index (χ0) is 16.4. The number of carbonyl (C=O) groups is 1. The minimum Gasteiger partial charge on any atom is -0.373 e. The molecule has 5 nitrogen and oxygen atoms in total. The lowest BCUT2D eigenvalue weighted by Crippen LogP contribution is -2.37. The summed E-state index contributed by atoms with van der Waals surface area (Å²) >= 11 is 0. The van der Waals surface area contributed by atoms with Crippen molar-refractivity contribution in [2.75, 3.05) is 6.61 Å². The van der Waals surface area contributed by atoms with Crippen molar-refractivity contribution in [2.24, 2.45) is 5.92 Å². The van der Waals surface area contributed by atoms with E-state index in [2.05, 4.69) is 24.3 Å².